The second-order valence-electron chi connectivity index (χ2n) is 19.9. The Hall–Kier alpha value is -5.83. The molecule has 6 amide bonds. The largest absolute Gasteiger partial charge is 0.399 e. The van der Waals surface area contributed by atoms with Crippen molar-refractivity contribution in [1.82, 2.24) is 25.3 Å². The van der Waals surface area contributed by atoms with Crippen LogP contribution in [0.4, 0.5) is 8.78 Å². The maximum Gasteiger partial charge on any atom is 0.399 e. The van der Waals surface area contributed by atoms with Crippen molar-refractivity contribution in [1.29, 1.82) is 0 Å². The van der Waals surface area contributed by atoms with Crippen LogP contribution in [0.5, 0.6) is 0 Å². The lowest BCUT2D eigenvalue weighted by Gasteiger charge is -2.38. The standard InChI is InChI=1S/C52H58F2N5O10PS/c1-51(2,3)45(56-47(62)43-27-35-26-37(18-21-42(35)71-43)52(53,54)70(66,67)68)50(65)59-31-38(28-41(59)49(64)57-23-12-16-34(29-57)33-14-9-7-10-15-33)69-24-11-6-4-5-8-13-32-17-19-39-36(25-32)30-58(48(39)63)40-20-22-44(60)55-46(40)61/h7,9-10,14-15,17-19,21,25-27,34,38,40-41,45H,4-6,11-12,16,20,22-24,28-31H2,1-3H3,(H,56,62)(H,55,60,61)(H2,66,67,68)/t34-,38+,40?,41-,45?/m0/s1. The topological polar surface area (TPSA) is 203 Å². The molecular formula is C52H58F2N5O10PS. The molecule has 5 heterocycles. The van der Waals surface area contributed by atoms with Crippen LogP contribution in [-0.4, -0.2) is 110 Å². The number of alkyl halides is 2. The SMILES string of the molecule is CC(C)(C)C(NC(=O)c1cc2cc(C(F)(F)P(=O)(O)O)ccc2s1)C(=O)N1C[C@H](OCCCCCC#Cc2ccc3c(c2)CN(C2CCC(=O)NC2=O)C3=O)C[C@H]1C(=O)N1CCC[C@H](c2ccccc2)C1. The lowest BCUT2D eigenvalue weighted by Crippen LogP contribution is -2.58. The fourth-order valence-electron chi connectivity index (χ4n) is 9.87. The number of nitrogens with zero attached hydrogens (tertiary/aromatic N) is 3. The molecular weight excluding hydrogens is 956 g/mol. The first kappa shape index (κ1) is 51.5. The van der Waals surface area contributed by atoms with Gasteiger partial charge in [-0.1, -0.05) is 75.4 Å². The maximum absolute atomic E-state index is 14.8. The molecule has 8 rings (SSSR count). The minimum Gasteiger partial charge on any atom is -0.376 e. The van der Waals surface area contributed by atoms with Crippen molar-refractivity contribution in [3.05, 3.63) is 105 Å². The van der Waals surface area contributed by atoms with Crippen LogP contribution in [0.2, 0.25) is 0 Å². The summed E-state index contributed by atoms with van der Waals surface area (Å²) >= 11 is 0.982. The number of thiophene rings is 1. The van der Waals surface area contributed by atoms with Crippen molar-refractivity contribution in [2.45, 2.75) is 121 Å². The molecule has 2 unspecified atom stereocenters. The van der Waals surface area contributed by atoms with Crippen LogP contribution >= 0.6 is 18.9 Å². The Morgan fingerprint density at radius 2 is 1.75 bits per heavy atom. The third kappa shape index (κ3) is 11.5. The minimum absolute atomic E-state index is 0.0983. The molecule has 4 N–H and O–H groups in total. The number of hydrogen-bond donors (Lipinski definition) is 4. The third-order valence-electron chi connectivity index (χ3n) is 13.7. The van der Waals surface area contributed by atoms with Gasteiger partial charge >= 0.3 is 13.3 Å². The molecule has 5 atom stereocenters. The van der Waals surface area contributed by atoms with E-state index in [4.69, 9.17) is 4.74 Å². The van der Waals surface area contributed by atoms with Crippen LogP contribution < -0.4 is 10.6 Å². The summed E-state index contributed by atoms with van der Waals surface area (Å²) in [6.07, 6.45) is 4.94. The highest BCUT2D eigenvalue weighted by Gasteiger charge is 2.51. The van der Waals surface area contributed by atoms with Gasteiger partial charge in [-0.2, -0.15) is 8.78 Å². The Kier molecular flexibility index (Phi) is 15.3. The fourth-order valence-corrected chi connectivity index (χ4v) is 11.3. The van der Waals surface area contributed by atoms with Crippen molar-refractivity contribution < 1.29 is 56.6 Å². The number of ether oxygens (including phenoxy) is 1. The van der Waals surface area contributed by atoms with Gasteiger partial charge in [0.25, 0.3) is 11.8 Å². The molecule has 3 aromatic carbocycles. The maximum atomic E-state index is 14.8. The molecule has 3 fully saturated rings. The zero-order chi connectivity index (χ0) is 50.8. The summed E-state index contributed by atoms with van der Waals surface area (Å²) in [5, 5.41) is 5.37. The molecule has 4 aliphatic rings. The first-order chi connectivity index (χ1) is 33.7. The molecule has 0 saturated carbocycles. The van der Waals surface area contributed by atoms with Gasteiger partial charge in [0.2, 0.25) is 23.6 Å². The van der Waals surface area contributed by atoms with Crippen LogP contribution in [0.1, 0.15) is 127 Å². The van der Waals surface area contributed by atoms with Crippen LogP contribution in [0, 0.1) is 17.3 Å². The molecule has 376 valence electrons. The number of rotatable bonds is 14. The summed E-state index contributed by atoms with van der Waals surface area (Å²) in [7, 11) is -5.83. The number of benzene rings is 3. The fraction of sp³-hybridized carbons (Fsp3) is 0.462. The van der Waals surface area contributed by atoms with Crippen LogP contribution in [0.3, 0.4) is 0 Å². The summed E-state index contributed by atoms with van der Waals surface area (Å²) in [6, 6.07) is 17.2. The molecule has 3 saturated heterocycles. The van der Waals surface area contributed by atoms with Crippen molar-refractivity contribution in [3.63, 3.8) is 0 Å². The Bertz CT molecular complexity index is 2840. The number of carbonyl (C=O) groups is 6. The zero-order valence-corrected chi connectivity index (χ0v) is 41.5. The van der Waals surface area contributed by atoms with E-state index >= 15 is 0 Å². The van der Waals surface area contributed by atoms with Crippen LogP contribution in [0.15, 0.2) is 72.8 Å². The van der Waals surface area contributed by atoms with Crippen molar-refractivity contribution >= 4 is 64.5 Å². The van der Waals surface area contributed by atoms with E-state index in [-0.39, 0.29) is 59.8 Å². The first-order valence-corrected chi connectivity index (χ1v) is 26.4. The number of hydrogen-bond acceptors (Lipinski definition) is 9. The van der Waals surface area contributed by atoms with Crippen molar-refractivity contribution in [2.75, 3.05) is 26.2 Å². The first-order valence-electron chi connectivity index (χ1n) is 24.0. The molecule has 4 aromatic rings. The third-order valence-corrected chi connectivity index (χ3v) is 15.8. The molecule has 4 aliphatic heterocycles. The number of nitrogens with one attached hydrogen (secondary N) is 2. The number of piperidine rings is 2. The average Bonchev–Trinajstić information content (AvgIpc) is 4.06. The number of amides is 6. The van der Waals surface area contributed by atoms with Gasteiger partial charge in [0.1, 0.15) is 18.1 Å². The highest BCUT2D eigenvalue weighted by Crippen LogP contribution is 2.59. The van der Waals surface area contributed by atoms with Gasteiger partial charge in [0, 0.05) is 79.4 Å². The summed E-state index contributed by atoms with van der Waals surface area (Å²) in [6.45, 7) is 7.21. The van der Waals surface area contributed by atoms with E-state index in [1.54, 1.807) is 32.9 Å². The van der Waals surface area contributed by atoms with E-state index in [1.165, 1.54) is 21.9 Å². The molecule has 71 heavy (non-hydrogen) atoms. The highest BCUT2D eigenvalue weighted by atomic mass is 32.1. The quantitative estimate of drug-likeness (QED) is 0.0439. The smallest absolute Gasteiger partial charge is 0.376 e. The highest BCUT2D eigenvalue weighted by molar-refractivity contribution is 7.52. The number of fused-ring (bicyclic) bond motifs is 2. The van der Waals surface area contributed by atoms with Gasteiger partial charge in [0.15, 0.2) is 0 Å². The monoisotopic (exact) mass is 1010 g/mol. The van der Waals surface area contributed by atoms with E-state index in [9.17, 15) is 51.9 Å². The predicted molar refractivity (Wildman–Crippen MR) is 261 cm³/mol. The normalized spacial score (nSPS) is 21.2. The second kappa shape index (κ2) is 21.1. The number of unbranched alkanes of at least 4 members (excludes halogenated alkanes) is 3. The van der Waals surface area contributed by atoms with Crippen LogP contribution in [0.25, 0.3) is 10.1 Å². The van der Waals surface area contributed by atoms with Gasteiger partial charge in [-0.15, -0.1) is 11.3 Å². The van der Waals surface area contributed by atoms with Crippen molar-refractivity contribution in [3.8, 4) is 11.8 Å². The molecule has 19 heteroatoms. The predicted octanol–water partition coefficient (Wildman–Crippen LogP) is 7.04. The van der Waals surface area contributed by atoms with E-state index in [1.807, 2.05) is 29.2 Å². The van der Waals surface area contributed by atoms with E-state index in [0.29, 0.717) is 49.2 Å². The summed E-state index contributed by atoms with van der Waals surface area (Å²) in [5.74, 6) is 4.20. The van der Waals surface area contributed by atoms with E-state index in [2.05, 4.69) is 34.6 Å². The molecule has 0 radical (unpaired) electrons. The summed E-state index contributed by atoms with van der Waals surface area (Å²) in [5.41, 5.74) is -2.96. The zero-order valence-electron chi connectivity index (χ0n) is 39.8. The Balaban J connectivity index is 0.899. The van der Waals surface area contributed by atoms with Gasteiger partial charge in [0.05, 0.1) is 11.0 Å². The van der Waals surface area contributed by atoms with Crippen molar-refractivity contribution in [2.24, 2.45) is 5.41 Å². The van der Waals surface area contributed by atoms with Crippen LogP contribution in [-0.2, 0) is 40.7 Å². The molecule has 0 bridgehead atoms. The Morgan fingerprint density at radius 3 is 2.48 bits per heavy atom. The summed E-state index contributed by atoms with van der Waals surface area (Å²) < 4.78 is 47.5. The molecule has 15 nitrogen and oxygen atoms in total. The molecule has 1 aromatic heterocycles. The van der Waals surface area contributed by atoms with Gasteiger partial charge in [-0.25, -0.2) is 0 Å². The van der Waals surface area contributed by atoms with Gasteiger partial charge in [-0.3, -0.25) is 38.6 Å². The number of likely N-dealkylation sites (tertiary alicyclic amines) is 2. The number of halogens is 2. The minimum atomic E-state index is -5.83. The summed E-state index contributed by atoms with van der Waals surface area (Å²) in [4.78, 5) is 104. The Morgan fingerprint density at radius 1 is 0.972 bits per heavy atom. The average molecular weight is 1010 g/mol. The lowest BCUT2D eigenvalue weighted by atomic mass is 9.85. The van der Waals surface area contributed by atoms with E-state index < -0.39 is 66.2 Å². The lowest BCUT2D eigenvalue weighted by molar-refractivity contribution is -0.146. The van der Waals surface area contributed by atoms with Gasteiger partial charge in [-0.05, 0) is 90.4 Å². The molecule has 0 aliphatic carbocycles. The Labute approximate surface area is 414 Å². The number of carbonyl (C=O) groups excluding carboxylic acids is 6. The number of imide groups is 1. The molecule has 0 spiro atoms. The second-order valence-corrected chi connectivity index (χ2v) is 22.6. The van der Waals surface area contributed by atoms with Gasteiger partial charge < -0.3 is 34.5 Å². The van der Waals surface area contributed by atoms with E-state index in [0.717, 1.165) is 65.8 Å².